The van der Waals surface area contributed by atoms with Gasteiger partial charge in [-0.3, -0.25) is 14.4 Å². The van der Waals surface area contributed by atoms with E-state index in [9.17, 15) is 27.9 Å². The normalized spacial score (nSPS) is 12.3. The Morgan fingerprint density at radius 2 is 2.04 bits per heavy atom. The number of carbonyl (C=O) groups excluding carboxylic acids is 3. The summed E-state index contributed by atoms with van der Waals surface area (Å²) >= 11 is 0. The summed E-state index contributed by atoms with van der Waals surface area (Å²) in [5, 5.41) is 13.1. The summed E-state index contributed by atoms with van der Waals surface area (Å²) < 4.78 is 26.9. The molecule has 2 amide bonds. The van der Waals surface area contributed by atoms with Gasteiger partial charge in [-0.1, -0.05) is 0 Å². The lowest BCUT2D eigenvalue weighted by molar-refractivity contribution is -0.170. The third kappa shape index (κ3) is 5.52. The molecule has 11 heteroatoms. The largest absolute Gasteiger partial charge is 0.506 e. The SMILES string of the molecule is CON(C)C(=O)[C@H](CC=O)NS(=O)(=O)c1ccc(NC(C)=O)cc1O. The van der Waals surface area contributed by atoms with Gasteiger partial charge in [-0.05, 0) is 12.1 Å². The number of nitrogens with one attached hydrogen (secondary N) is 2. The monoisotopic (exact) mass is 373 g/mol. The standard InChI is InChI=1S/C14H19N3O7S/c1-9(19)15-10-4-5-13(12(20)8-10)25(22,23)16-11(6-7-18)14(21)17(2)24-3/h4-5,7-8,11,16,20H,6H2,1-3H3,(H,15,19)/t11-/m0/s1. The van der Waals surface area contributed by atoms with Crippen molar-refractivity contribution in [2.45, 2.75) is 24.3 Å². The Bertz CT molecular complexity index is 764. The van der Waals surface area contributed by atoms with Gasteiger partial charge in [0.05, 0.1) is 7.11 Å². The van der Waals surface area contributed by atoms with Crippen LogP contribution >= 0.6 is 0 Å². The molecule has 0 spiro atoms. The Hall–Kier alpha value is -2.50. The van der Waals surface area contributed by atoms with Crippen LogP contribution in [0.15, 0.2) is 23.1 Å². The highest BCUT2D eigenvalue weighted by molar-refractivity contribution is 7.89. The van der Waals surface area contributed by atoms with Crippen LogP contribution < -0.4 is 10.0 Å². The molecule has 0 fully saturated rings. The first-order chi connectivity index (χ1) is 11.6. The fourth-order valence-corrected chi connectivity index (χ4v) is 3.16. The van der Waals surface area contributed by atoms with Crippen molar-refractivity contribution in [1.82, 2.24) is 9.79 Å². The quantitative estimate of drug-likeness (QED) is 0.416. The highest BCUT2D eigenvalue weighted by atomic mass is 32.2. The van der Waals surface area contributed by atoms with E-state index in [2.05, 4.69) is 10.2 Å². The molecule has 0 saturated heterocycles. The molecule has 0 radical (unpaired) electrons. The minimum absolute atomic E-state index is 0.198. The fraction of sp³-hybridized carbons (Fsp3) is 0.357. The van der Waals surface area contributed by atoms with Gasteiger partial charge in [-0.2, -0.15) is 4.72 Å². The molecule has 0 unspecified atom stereocenters. The number of phenols is 1. The molecular formula is C14H19N3O7S. The Morgan fingerprint density at radius 1 is 1.40 bits per heavy atom. The van der Waals surface area contributed by atoms with Crippen molar-refractivity contribution in [2.24, 2.45) is 0 Å². The zero-order valence-electron chi connectivity index (χ0n) is 13.8. The molecule has 0 aliphatic carbocycles. The highest BCUT2D eigenvalue weighted by Gasteiger charge is 2.29. The number of amides is 2. The van der Waals surface area contributed by atoms with Gasteiger partial charge in [-0.15, -0.1) is 0 Å². The molecule has 1 atom stereocenters. The van der Waals surface area contributed by atoms with Crippen LogP contribution in [-0.4, -0.2) is 56.9 Å². The Morgan fingerprint density at radius 3 is 2.52 bits per heavy atom. The predicted octanol–water partition coefficient (Wildman–Crippen LogP) is -0.394. The van der Waals surface area contributed by atoms with Crippen molar-refractivity contribution in [1.29, 1.82) is 0 Å². The highest BCUT2D eigenvalue weighted by Crippen LogP contribution is 2.26. The molecule has 3 N–H and O–H groups in total. The van der Waals surface area contributed by atoms with Crippen molar-refractivity contribution in [3.8, 4) is 5.75 Å². The molecule has 0 saturated carbocycles. The predicted molar refractivity (Wildman–Crippen MR) is 87.0 cm³/mol. The van der Waals surface area contributed by atoms with Crippen LogP contribution in [0.25, 0.3) is 0 Å². The molecule has 1 aromatic carbocycles. The molecule has 1 aromatic rings. The number of rotatable bonds is 8. The van der Waals surface area contributed by atoms with E-state index in [0.29, 0.717) is 6.29 Å². The number of anilines is 1. The summed E-state index contributed by atoms with van der Waals surface area (Å²) in [5.41, 5.74) is 0.198. The van der Waals surface area contributed by atoms with Crippen LogP contribution in [0.1, 0.15) is 13.3 Å². The average Bonchev–Trinajstić information content (AvgIpc) is 2.52. The Kier molecular flexibility index (Phi) is 7.03. The molecule has 25 heavy (non-hydrogen) atoms. The Labute approximate surface area is 144 Å². The van der Waals surface area contributed by atoms with Crippen LogP contribution in [0.3, 0.4) is 0 Å². The second kappa shape index (κ2) is 8.55. The lowest BCUT2D eigenvalue weighted by Gasteiger charge is -2.21. The molecule has 0 bridgehead atoms. The van der Waals surface area contributed by atoms with E-state index in [-0.39, 0.29) is 5.69 Å². The molecule has 1 rings (SSSR count). The van der Waals surface area contributed by atoms with Crippen LogP contribution in [0.4, 0.5) is 5.69 Å². The van der Waals surface area contributed by atoms with Gasteiger partial charge in [0.1, 0.15) is 23.0 Å². The lowest BCUT2D eigenvalue weighted by atomic mass is 10.2. The first-order valence-corrected chi connectivity index (χ1v) is 8.49. The molecule has 0 aliphatic rings. The molecule has 0 aromatic heterocycles. The van der Waals surface area contributed by atoms with E-state index >= 15 is 0 Å². The summed E-state index contributed by atoms with van der Waals surface area (Å²) in [4.78, 5) is 37.9. The number of aldehydes is 1. The van der Waals surface area contributed by atoms with Crippen LogP contribution in [0, 0.1) is 0 Å². The summed E-state index contributed by atoms with van der Waals surface area (Å²) in [7, 11) is -1.86. The summed E-state index contributed by atoms with van der Waals surface area (Å²) in [6.45, 7) is 1.26. The Balaban J connectivity index is 3.11. The third-order valence-corrected chi connectivity index (χ3v) is 4.60. The molecular weight excluding hydrogens is 354 g/mol. The van der Waals surface area contributed by atoms with Gasteiger partial charge in [0.15, 0.2) is 0 Å². The zero-order valence-corrected chi connectivity index (χ0v) is 14.7. The van der Waals surface area contributed by atoms with Gasteiger partial charge in [0, 0.05) is 32.1 Å². The van der Waals surface area contributed by atoms with E-state index in [1.54, 1.807) is 0 Å². The van der Waals surface area contributed by atoms with Gasteiger partial charge in [-0.25, -0.2) is 13.5 Å². The number of phenolic OH excluding ortho intramolecular Hbond substituents is 1. The minimum Gasteiger partial charge on any atom is -0.506 e. The summed E-state index contributed by atoms with van der Waals surface area (Å²) in [6, 6.07) is 1.98. The second-order valence-electron chi connectivity index (χ2n) is 4.96. The maximum absolute atomic E-state index is 12.4. The molecule has 138 valence electrons. The van der Waals surface area contributed by atoms with Crippen molar-refractivity contribution in [3.05, 3.63) is 18.2 Å². The van der Waals surface area contributed by atoms with Crippen molar-refractivity contribution in [2.75, 3.05) is 19.5 Å². The van der Waals surface area contributed by atoms with E-state index in [0.717, 1.165) is 17.2 Å². The van der Waals surface area contributed by atoms with Crippen LogP contribution in [0.5, 0.6) is 5.75 Å². The third-order valence-electron chi connectivity index (χ3n) is 3.08. The topological polar surface area (TPSA) is 142 Å². The maximum Gasteiger partial charge on any atom is 0.264 e. The molecule has 0 heterocycles. The first-order valence-electron chi connectivity index (χ1n) is 7.00. The smallest absolute Gasteiger partial charge is 0.264 e. The van der Waals surface area contributed by atoms with E-state index in [1.165, 1.54) is 27.1 Å². The van der Waals surface area contributed by atoms with Gasteiger partial charge >= 0.3 is 0 Å². The van der Waals surface area contributed by atoms with Gasteiger partial charge in [0.2, 0.25) is 15.9 Å². The lowest BCUT2D eigenvalue weighted by Crippen LogP contribution is -2.47. The second-order valence-corrected chi connectivity index (χ2v) is 6.64. The zero-order chi connectivity index (χ0) is 19.2. The number of sulfonamides is 1. The van der Waals surface area contributed by atoms with Crippen LogP contribution in [0.2, 0.25) is 0 Å². The minimum atomic E-state index is -4.32. The van der Waals surface area contributed by atoms with Crippen molar-refractivity contribution < 1.29 is 32.7 Å². The van der Waals surface area contributed by atoms with E-state index < -0.39 is 44.9 Å². The van der Waals surface area contributed by atoms with Crippen molar-refractivity contribution >= 4 is 33.8 Å². The molecule has 0 aliphatic heterocycles. The number of nitrogens with zero attached hydrogens (tertiary/aromatic N) is 1. The average molecular weight is 373 g/mol. The van der Waals surface area contributed by atoms with E-state index in [4.69, 9.17) is 0 Å². The van der Waals surface area contributed by atoms with Crippen molar-refractivity contribution in [3.63, 3.8) is 0 Å². The fourth-order valence-electron chi connectivity index (χ4n) is 1.88. The maximum atomic E-state index is 12.4. The summed E-state index contributed by atoms with van der Waals surface area (Å²) in [5.74, 6) is -1.81. The number of benzene rings is 1. The molecule has 10 nitrogen and oxygen atoms in total. The first kappa shape index (κ1) is 20.5. The summed E-state index contributed by atoms with van der Waals surface area (Å²) in [6.07, 6.45) is -0.0369. The number of hydroxylamine groups is 2. The van der Waals surface area contributed by atoms with E-state index in [1.807, 2.05) is 4.72 Å². The van der Waals surface area contributed by atoms with Crippen LogP contribution in [-0.2, 0) is 29.2 Å². The number of aromatic hydroxyl groups is 1. The number of likely N-dealkylation sites (N-methyl/N-ethyl adjacent to an activating group) is 1. The number of carbonyl (C=O) groups is 3. The number of hydrogen-bond donors (Lipinski definition) is 3. The van der Waals surface area contributed by atoms with Gasteiger partial charge in [0.25, 0.3) is 5.91 Å². The number of hydrogen-bond acceptors (Lipinski definition) is 7. The van der Waals surface area contributed by atoms with Gasteiger partial charge < -0.3 is 15.2 Å².